The number of fused-ring (bicyclic) bond motifs is 1. The number of ether oxygens (including phenoxy) is 1. The first-order valence-electron chi connectivity index (χ1n) is 8.02. The standard InChI is InChI=1S/C19H18FNO4/c20-16-10-14(6-5-13(16)9-19(23)24)21-18(22)11-17-15-4-2-1-3-12(15)7-8-25-17/h1-6,10,17H,7-9,11H2,(H,21,22)(H,23,24)/t17-/m1/s1. The zero-order valence-electron chi connectivity index (χ0n) is 13.5. The monoisotopic (exact) mass is 343 g/mol. The van der Waals surface area contributed by atoms with Crippen LogP contribution in [0.15, 0.2) is 42.5 Å². The summed E-state index contributed by atoms with van der Waals surface area (Å²) < 4.78 is 19.6. The van der Waals surface area contributed by atoms with E-state index in [0.29, 0.717) is 12.3 Å². The van der Waals surface area contributed by atoms with Crippen molar-refractivity contribution in [1.29, 1.82) is 0 Å². The maximum atomic E-state index is 13.9. The highest BCUT2D eigenvalue weighted by atomic mass is 19.1. The number of nitrogens with one attached hydrogen (secondary N) is 1. The van der Waals surface area contributed by atoms with Crippen LogP contribution in [0, 0.1) is 5.82 Å². The van der Waals surface area contributed by atoms with Crippen LogP contribution < -0.4 is 5.32 Å². The summed E-state index contributed by atoms with van der Waals surface area (Å²) in [5.74, 6) is -2.05. The second-order valence-corrected chi connectivity index (χ2v) is 5.94. The molecule has 0 saturated carbocycles. The van der Waals surface area contributed by atoms with E-state index < -0.39 is 18.2 Å². The molecular weight excluding hydrogens is 325 g/mol. The molecule has 130 valence electrons. The Hall–Kier alpha value is -2.73. The van der Waals surface area contributed by atoms with Gasteiger partial charge in [-0.25, -0.2) is 4.39 Å². The minimum Gasteiger partial charge on any atom is -0.481 e. The smallest absolute Gasteiger partial charge is 0.307 e. The average Bonchev–Trinajstić information content (AvgIpc) is 2.57. The fourth-order valence-electron chi connectivity index (χ4n) is 2.96. The van der Waals surface area contributed by atoms with Crippen molar-refractivity contribution >= 4 is 17.6 Å². The topological polar surface area (TPSA) is 75.6 Å². The van der Waals surface area contributed by atoms with Gasteiger partial charge in [0, 0.05) is 5.69 Å². The number of carbonyl (C=O) groups excluding carboxylic acids is 1. The molecule has 0 radical (unpaired) electrons. The van der Waals surface area contributed by atoms with Gasteiger partial charge in [0.15, 0.2) is 0 Å². The molecule has 0 fully saturated rings. The molecule has 2 N–H and O–H groups in total. The fourth-order valence-corrected chi connectivity index (χ4v) is 2.96. The maximum Gasteiger partial charge on any atom is 0.307 e. The molecule has 0 spiro atoms. The van der Waals surface area contributed by atoms with Crippen molar-refractivity contribution in [3.05, 3.63) is 65.0 Å². The summed E-state index contributed by atoms with van der Waals surface area (Å²) in [6, 6.07) is 11.8. The Labute approximate surface area is 144 Å². The predicted molar refractivity (Wildman–Crippen MR) is 89.8 cm³/mol. The van der Waals surface area contributed by atoms with E-state index in [0.717, 1.165) is 18.1 Å². The lowest BCUT2D eigenvalue weighted by atomic mass is 9.95. The van der Waals surface area contributed by atoms with Crippen molar-refractivity contribution in [3.8, 4) is 0 Å². The van der Waals surface area contributed by atoms with Gasteiger partial charge in [-0.2, -0.15) is 0 Å². The number of aliphatic carboxylic acids is 1. The van der Waals surface area contributed by atoms with Crippen LogP contribution in [0.2, 0.25) is 0 Å². The van der Waals surface area contributed by atoms with Crippen LogP contribution in [0.5, 0.6) is 0 Å². The number of anilines is 1. The Kier molecular flexibility index (Phi) is 5.09. The second kappa shape index (κ2) is 7.44. The molecule has 0 aliphatic carbocycles. The van der Waals surface area contributed by atoms with E-state index >= 15 is 0 Å². The van der Waals surface area contributed by atoms with Crippen molar-refractivity contribution in [1.82, 2.24) is 0 Å². The molecule has 1 aliphatic heterocycles. The second-order valence-electron chi connectivity index (χ2n) is 5.94. The molecule has 0 saturated heterocycles. The van der Waals surface area contributed by atoms with Gasteiger partial charge >= 0.3 is 5.97 Å². The molecule has 25 heavy (non-hydrogen) atoms. The minimum absolute atomic E-state index is 0.0787. The molecule has 3 rings (SSSR count). The Morgan fingerprint density at radius 2 is 2.04 bits per heavy atom. The molecule has 2 aromatic rings. The van der Waals surface area contributed by atoms with Crippen molar-refractivity contribution in [2.45, 2.75) is 25.4 Å². The number of carboxylic acids is 1. The van der Waals surface area contributed by atoms with Crippen LogP contribution in [0.4, 0.5) is 10.1 Å². The van der Waals surface area contributed by atoms with E-state index in [1.807, 2.05) is 24.3 Å². The highest BCUT2D eigenvalue weighted by molar-refractivity contribution is 5.91. The van der Waals surface area contributed by atoms with Crippen molar-refractivity contribution in [2.75, 3.05) is 11.9 Å². The zero-order valence-corrected chi connectivity index (χ0v) is 13.5. The lowest BCUT2D eigenvalue weighted by Crippen LogP contribution is -2.22. The molecule has 0 unspecified atom stereocenters. The molecule has 1 atom stereocenters. The molecule has 0 aromatic heterocycles. The number of hydrogen-bond acceptors (Lipinski definition) is 3. The Morgan fingerprint density at radius 3 is 2.80 bits per heavy atom. The van der Waals surface area contributed by atoms with Gasteiger partial charge < -0.3 is 15.2 Å². The number of hydrogen-bond donors (Lipinski definition) is 2. The summed E-state index contributed by atoms with van der Waals surface area (Å²) in [5.41, 5.74) is 2.55. The first-order chi connectivity index (χ1) is 12.0. The third kappa shape index (κ3) is 4.22. The van der Waals surface area contributed by atoms with Crippen molar-refractivity contribution < 1.29 is 23.8 Å². The number of carbonyl (C=O) groups is 2. The number of benzene rings is 2. The van der Waals surface area contributed by atoms with Crippen LogP contribution in [0.1, 0.15) is 29.2 Å². The van der Waals surface area contributed by atoms with Gasteiger partial charge in [-0.3, -0.25) is 9.59 Å². The van der Waals surface area contributed by atoms with Crippen LogP contribution in [-0.2, 0) is 27.2 Å². The fraction of sp³-hybridized carbons (Fsp3) is 0.263. The number of rotatable bonds is 5. The Balaban J connectivity index is 1.65. The third-order valence-corrected chi connectivity index (χ3v) is 4.14. The van der Waals surface area contributed by atoms with Crippen LogP contribution in [0.3, 0.4) is 0 Å². The first kappa shape index (κ1) is 17.1. The van der Waals surface area contributed by atoms with Gasteiger partial charge in [-0.1, -0.05) is 30.3 Å². The summed E-state index contributed by atoms with van der Waals surface area (Å²) in [7, 11) is 0. The van der Waals surface area contributed by atoms with Crippen LogP contribution in [0.25, 0.3) is 0 Å². The summed E-state index contributed by atoms with van der Waals surface area (Å²) >= 11 is 0. The lowest BCUT2D eigenvalue weighted by Gasteiger charge is -2.25. The SMILES string of the molecule is O=C(O)Cc1ccc(NC(=O)C[C@H]2OCCc3ccccc32)cc1F. The molecule has 1 amide bonds. The summed E-state index contributed by atoms with van der Waals surface area (Å²) in [6.07, 6.45) is 0.244. The van der Waals surface area contributed by atoms with E-state index in [1.165, 1.54) is 17.7 Å². The Bertz CT molecular complexity index is 806. The molecule has 1 aliphatic rings. The van der Waals surface area contributed by atoms with E-state index in [1.54, 1.807) is 0 Å². The van der Waals surface area contributed by atoms with Gasteiger partial charge in [-0.05, 0) is 35.2 Å². The molecule has 0 bridgehead atoms. The minimum atomic E-state index is -1.11. The number of halogens is 1. The van der Waals surface area contributed by atoms with Crippen LogP contribution >= 0.6 is 0 Å². The normalized spacial score (nSPS) is 16.1. The van der Waals surface area contributed by atoms with Gasteiger partial charge in [-0.15, -0.1) is 0 Å². The average molecular weight is 343 g/mol. The van der Waals surface area contributed by atoms with E-state index in [2.05, 4.69) is 5.32 Å². The number of amides is 1. The molecular formula is C19H18FNO4. The zero-order chi connectivity index (χ0) is 17.8. The molecule has 1 heterocycles. The molecule has 5 nitrogen and oxygen atoms in total. The highest BCUT2D eigenvalue weighted by Gasteiger charge is 2.23. The third-order valence-electron chi connectivity index (χ3n) is 4.14. The number of carboxylic acid groups (broad SMARTS) is 1. The van der Waals surface area contributed by atoms with Crippen LogP contribution in [-0.4, -0.2) is 23.6 Å². The maximum absolute atomic E-state index is 13.9. The highest BCUT2D eigenvalue weighted by Crippen LogP contribution is 2.29. The van der Waals surface area contributed by atoms with E-state index in [4.69, 9.17) is 9.84 Å². The summed E-state index contributed by atoms with van der Waals surface area (Å²) in [5, 5.41) is 11.4. The lowest BCUT2D eigenvalue weighted by molar-refractivity contribution is -0.136. The molecule has 6 heteroatoms. The largest absolute Gasteiger partial charge is 0.481 e. The van der Waals surface area contributed by atoms with E-state index in [-0.39, 0.29) is 24.0 Å². The van der Waals surface area contributed by atoms with Gasteiger partial charge in [0.1, 0.15) is 5.82 Å². The Morgan fingerprint density at radius 1 is 1.24 bits per heavy atom. The van der Waals surface area contributed by atoms with Gasteiger partial charge in [0.05, 0.1) is 25.6 Å². The summed E-state index contributed by atoms with van der Waals surface area (Å²) in [4.78, 5) is 22.9. The first-order valence-corrected chi connectivity index (χ1v) is 8.02. The van der Waals surface area contributed by atoms with E-state index in [9.17, 15) is 14.0 Å². The van der Waals surface area contributed by atoms with Gasteiger partial charge in [0.2, 0.25) is 5.91 Å². The molecule has 2 aromatic carbocycles. The predicted octanol–water partition coefficient (Wildman–Crippen LogP) is 3.10. The van der Waals surface area contributed by atoms with Crippen molar-refractivity contribution in [3.63, 3.8) is 0 Å². The summed E-state index contributed by atoms with van der Waals surface area (Å²) in [6.45, 7) is 0.563. The quantitative estimate of drug-likeness (QED) is 0.875. The van der Waals surface area contributed by atoms with Crippen molar-refractivity contribution in [2.24, 2.45) is 0 Å². The van der Waals surface area contributed by atoms with Gasteiger partial charge in [0.25, 0.3) is 0 Å².